The summed E-state index contributed by atoms with van der Waals surface area (Å²) in [6.45, 7) is 2.20. The van der Waals surface area contributed by atoms with Gasteiger partial charge in [0.05, 0.1) is 17.9 Å². The molecule has 1 amide bonds. The van der Waals surface area contributed by atoms with Crippen LogP contribution in [-0.2, 0) is 4.84 Å². The Kier molecular flexibility index (Phi) is 5.59. The molecule has 0 unspecified atom stereocenters. The molecule has 0 saturated heterocycles. The molecule has 1 saturated carbocycles. The lowest BCUT2D eigenvalue weighted by Gasteiger charge is -2.17. The van der Waals surface area contributed by atoms with Gasteiger partial charge in [0.25, 0.3) is 5.91 Å². The third-order valence-corrected chi connectivity index (χ3v) is 5.33. The van der Waals surface area contributed by atoms with Crippen LogP contribution in [0.5, 0.6) is 0 Å². The third kappa shape index (κ3) is 4.15. The molecular weight excluding hydrogens is 493 g/mol. The quantitative estimate of drug-likeness (QED) is 0.374. The van der Waals surface area contributed by atoms with Crippen LogP contribution in [0.2, 0.25) is 0 Å². The van der Waals surface area contributed by atoms with Crippen LogP contribution in [0.15, 0.2) is 30.6 Å². The van der Waals surface area contributed by atoms with Gasteiger partial charge in [-0.15, -0.1) is 0 Å². The number of hydrogen-bond donors (Lipinski definition) is 2. The largest absolute Gasteiger partial charge is 0.352 e. The van der Waals surface area contributed by atoms with E-state index in [1.54, 1.807) is 6.07 Å². The zero-order chi connectivity index (χ0) is 20.5. The van der Waals surface area contributed by atoms with E-state index in [0.717, 1.165) is 22.0 Å². The molecule has 1 aliphatic carbocycles. The first kappa shape index (κ1) is 19.9. The van der Waals surface area contributed by atoms with E-state index in [1.807, 2.05) is 19.1 Å². The summed E-state index contributed by atoms with van der Waals surface area (Å²) >= 11 is 2.16. The highest BCUT2D eigenvalue weighted by molar-refractivity contribution is 14.1. The van der Waals surface area contributed by atoms with Crippen LogP contribution < -0.4 is 10.8 Å². The van der Waals surface area contributed by atoms with Crippen molar-refractivity contribution >= 4 is 50.9 Å². The number of hydroxylamine groups is 1. The molecule has 0 aliphatic heterocycles. The van der Waals surface area contributed by atoms with Crippen LogP contribution in [-0.4, -0.2) is 22.5 Å². The van der Waals surface area contributed by atoms with E-state index in [1.165, 1.54) is 12.4 Å². The van der Waals surface area contributed by atoms with Gasteiger partial charge in [0.2, 0.25) is 0 Å². The smallest absolute Gasteiger partial charge is 0.279 e. The standard InChI is InChI=1S/C20H17F2IN4O2/c1-10-8-12(23)4-5-13(10)26-17-14(20(28)27-29-9-11-2-3-11)18-19(16(22)15(17)21)25-7-6-24-18/h4-8,11,26H,2-3,9H2,1H3,(H,27,28). The van der Waals surface area contributed by atoms with E-state index in [4.69, 9.17) is 4.84 Å². The molecule has 1 aliphatic rings. The van der Waals surface area contributed by atoms with Gasteiger partial charge in [-0.25, -0.2) is 19.2 Å². The van der Waals surface area contributed by atoms with Gasteiger partial charge >= 0.3 is 0 Å². The summed E-state index contributed by atoms with van der Waals surface area (Å²) < 4.78 is 30.6. The lowest BCUT2D eigenvalue weighted by atomic mass is 10.1. The maximum atomic E-state index is 15.0. The van der Waals surface area contributed by atoms with Gasteiger partial charge in [-0.3, -0.25) is 14.6 Å². The van der Waals surface area contributed by atoms with Gasteiger partial charge in [-0.1, -0.05) is 0 Å². The maximum absolute atomic E-state index is 15.0. The van der Waals surface area contributed by atoms with E-state index in [9.17, 15) is 13.6 Å². The maximum Gasteiger partial charge on any atom is 0.279 e. The second kappa shape index (κ2) is 8.15. The zero-order valence-electron chi connectivity index (χ0n) is 15.4. The molecule has 4 rings (SSSR count). The second-order valence-electron chi connectivity index (χ2n) is 6.90. The molecule has 9 heteroatoms. The van der Waals surface area contributed by atoms with E-state index in [-0.39, 0.29) is 22.3 Å². The number of halogens is 3. The molecule has 2 aromatic carbocycles. The molecule has 3 aromatic rings. The lowest BCUT2D eigenvalue weighted by Crippen LogP contribution is -2.26. The van der Waals surface area contributed by atoms with Crippen molar-refractivity contribution in [3.8, 4) is 0 Å². The highest BCUT2D eigenvalue weighted by Crippen LogP contribution is 2.34. The Balaban J connectivity index is 1.80. The van der Waals surface area contributed by atoms with Crippen molar-refractivity contribution in [3.05, 3.63) is 56.9 Å². The Labute approximate surface area is 179 Å². The molecule has 0 bridgehead atoms. The molecule has 0 radical (unpaired) electrons. The van der Waals surface area contributed by atoms with Crippen molar-refractivity contribution in [1.29, 1.82) is 0 Å². The van der Waals surface area contributed by atoms with Gasteiger partial charge in [-0.2, -0.15) is 0 Å². The summed E-state index contributed by atoms with van der Waals surface area (Å²) in [4.78, 5) is 26.0. The van der Waals surface area contributed by atoms with Crippen molar-refractivity contribution in [1.82, 2.24) is 15.4 Å². The number of amides is 1. The van der Waals surface area contributed by atoms with E-state index in [2.05, 4.69) is 43.4 Å². The summed E-state index contributed by atoms with van der Waals surface area (Å²) in [5, 5.41) is 2.86. The first-order chi connectivity index (χ1) is 14.0. The lowest BCUT2D eigenvalue weighted by molar-refractivity contribution is 0.0272. The molecule has 150 valence electrons. The summed E-state index contributed by atoms with van der Waals surface area (Å²) in [6, 6.07) is 5.45. The van der Waals surface area contributed by atoms with Crippen LogP contribution >= 0.6 is 22.6 Å². The predicted octanol–water partition coefficient (Wildman–Crippen LogP) is 4.64. The normalized spacial score (nSPS) is 13.5. The van der Waals surface area contributed by atoms with Crippen LogP contribution in [0.3, 0.4) is 0 Å². The monoisotopic (exact) mass is 510 g/mol. The minimum atomic E-state index is -1.21. The van der Waals surface area contributed by atoms with Crippen LogP contribution in [0.1, 0.15) is 28.8 Å². The molecule has 1 heterocycles. The number of rotatable bonds is 6. The first-order valence-corrected chi connectivity index (χ1v) is 10.1. The average Bonchev–Trinajstić information content (AvgIpc) is 3.52. The van der Waals surface area contributed by atoms with E-state index < -0.39 is 17.5 Å². The van der Waals surface area contributed by atoms with Crippen molar-refractivity contribution in [2.75, 3.05) is 11.9 Å². The number of aryl methyl sites for hydroxylation is 1. The van der Waals surface area contributed by atoms with Crippen molar-refractivity contribution in [2.45, 2.75) is 19.8 Å². The highest BCUT2D eigenvalue weighted by Gasteiger charge is 2.27. The number of carbonyl (C=O) groups excluding carboxylic acids is 1. The number of carbonyl (C=O) groups is 1. The van der Waals surface area contributed by atoms with Gasteiger partial charge in [0.15, 0.2) is 11.6 Å². The topological polar surface area (TPSA) is 76.1 Å². The fraction of sp³-hybridized carbons (Fsp3) is 0.250. The first-order valence-electron chi connectivity index (χ1n) is 9.02. The van der Waals surface area contributed by atoms with Gasteiger partial charge < -0.3 is 5.32 Å². The Bertz CT molecular complexity index is 1110. The SMILES string of the molecule is Cc1cc(I)ccc1Nc1c(F)c(F)c2nccnc2c1C(=O)NOCC1CC1. The molecule has 29 heavy (non-hydrogen) atoms. The molecule has 0 spiro atoms. The number of nitrogens with zero attached hydrogens (tertiary/aromatic N) is 2. The fourth-order valence-electron chi connectivity index (χ4n) is 2.92. The van der Waals surface area contributed by atoms with Crippen LogP contribution in [0.25, 0.3) is 11.0 Å². The fourth-order valence-corrected chi connectivity index (χ4v) is 3.57. The van der Waals surface area contributed by atoms with Gasteiger partial charge in [0, 0.05) is 21.7 Å². The average molecular weight is 510 g/mol. The van der Waals surface area contributed by atoms with E-state index >= 15 is 0 Å². The zero-order valence-corrected chi connectivity index (χ0v) is 17.6. The summed E-state index contributed by atoms with van der Waals surface area (Å²) in [5.41, 5.74) is 2.83. The molecule has 6 nitrogen and oxygen atoms in total. The number of anilines is 2. The van der Waals surface area contributed by atoms with Crippen molar-refractivity contribution in [3.63, 3.8) is 0 Å². The summed E-state index contributed by atoms with van der Waals surface area (Å²) in [6.07, 6.45) is 4.66. The van der Waals surface area contributed by atoms with Gasteiger partial charge in [-0.05, 0) is 72.0 Å². The molecule has 0 atom stereocenters. The molecular formula is C20H17F2IN4O2. The Morgan fingerprint density at radius 3 is 2.62 bits per heavy atom. The summed E-state index contributed by atoms with van der Waals surface area (Å²) in [5.74, 6) is -2.68. The Morgan fingerprint density at radius 1 is 1.21 bits per heavy atom. The van der Waals surface area contributed by atoms with Crippen molar-refractivity contribution < 1.29 is 18.4 Å². The molecule has 2 N–H and O–H groups in total. The van der Waals surface area contributed by atoms with E-state index in [0.29, 0.717) is 18.2 Å². The van der Waals surface area contributed by atoms with Gasteiger partial charge in [0.1, 0.15) is 11.0 Å². The Hall–Kier alpha value is -2.40. The van der Waals surface area contributed by atoms with Crippen LogP contribution in [0.4, 0.5) is 20.2 Å². The predicted molar refractivity (Wildman–Crippen MR) is 113 cm³/mol. The molecule has 1 aromatic heterocycles. The highest BCUT2D eigenvalue weighted by atomic mass is 127. The summed E-state index contributed by atoms with van der Waals surface area (Å²) in [7, 11) is 0. The third-order valence-electron chi connectivity index (χ3n) is 4.66. The van der Waals surface area contributed by atoms with Crippen LogP contribution in [0, 0.1) is 28.0 Å². The minimum absolute atomic E-state index is 0.0513. The number of hydrogen-bond acceptors (Lipinski definition) is 5. The minimum Gasteiger partial charge on any atom is -0.352 e. The number of aromatic nitrogens is 2. The Morgan fingerprint density at radius 2 is 1.93 bits per heavy atom. The molecule has 1 fully saturated rings. The number of fused-ring (bicyclic) bond motifs is 1. The number of benzene rings is 2. The number of nitrogens with one attached hydrogen (secondary N) is 2. The second-order valence-corrected chi connectivity index (χ2v) is 8.15. The van der Waals surface area contributed by atoms with Crippen molar-refractivity contribution in [2.24, 2.45) is 5.92 Å².